The highest BCUT2D eigenvalue weighted by molar-refractivity contribution is 5.37. The van der Waals surface area contributed by atoms with Gasteiger partial charge in [-0.25, -0.2) is 9.97 Å². The Bertz CT molecular complexity index is 370. The van der Waals surface area contributed by atoms with Crippen molar-refractivity contribution in [1.29, 1.82) is 0 Å². The quantitative estimate of drug-likeness (QED) is 0.866. The van der Waals surface area contributed by atoms with Crippen LogP contribution in [0.5, 0.6) is 0 Å². The van der Waals surface area contributed by atoms with Gasteiger partial charge in [-0.3, -0.25) is 0 Å². The predicted molar refractivity (Wildman–Crippen MR) is 71.2 cm³/mol. The van der Waals surface area contributed by atoms with Crippen LogP contribution in [0.2, 0.25) is 0 Å². The Morgan fingerprint density at radius 2 is 2.06 bits per heavy atom. The number of nitrogens with one attached hydrogen (secondary N) is 1. The van der Waals surface area contributed by atoms with Crippen molar-refractivity contribution in [2.45, 2.75) is 58.9 Å². The predicted octanol–water partition coefficient (Wildman–Crippen LogP) is 3.34. The summed E-state index contributed by atoms with van der Waals surface area (Å²) >= 11 is 0. The van der Waals surface area contributed by atoms with E-state index in [0.29, 0.717) is 6.04 Å². The van der Waals surface area contributed by atoms with Gasteiger partial charge >= 0.3 is 0 Å². The highest BCUT2D eigenvalue weighted by Crippen LogP contribution is 2.28. The second-order valence-corrected chi connectivity index (χ2v) is 5.12. The summed E-state index contributed by atoms with van der Waals surface area (Å²) in [6.45, 7) is 6.37. The van der Waals surface area contributed by atoms with Gasteiger partial charge in [-0.2, -0.15) is 0 Å². The summed E-state index contributed by atoms with van der Waals surface area (Å²) in [6.07, 6.45) is 6.47. The minimum absolute atomic E-state index is 0.525. The molecule has 0 aliphatic heterocycles. The molecule has 94 valence electrons. The monoisotopic (exact) mass is 233 g/mol. The van der Waals surface area contributed by atoms with Crippen LogP contribution in [-0.4, -0.2) is 16.0 Å². The van der Waals surface area contributed by atoms with Crippen LogP contribution in [0.4, 0.5) is 5.82 Å². The Balaban J connectivity index is 2.04. The number of hydrogen-bond acceptors (Lipinski definition) is 3. The van der Waals surface area contributed by atoms with Crippen LogP contribution >= 0.6 is 0 Å². The Morgan fingerprint density at radius 1 is 1.35 bits per heavy atom. The number of anilines is 1. The lowest BCUT2D eigenvalue weighted by atomic mass is 10.00. The molecule has 0 amide bonds. The third kappa shape index (κ3) is 3.18. The fourth-order valence-electron chi connectivity index (χ4n) is 2.69. The summed E-state index contributed by atoms with van der Waals surface area (Å²) in [5.41, 5.74) is 1.12. The van der Waals surface area contributed by atoms with Crippen molar-refractivity contribution in [2.75, 3.05) is 5.32 Å². The van der Waals surface area contributed by atoms with Gasteiger partial charge in [0, 0.05) is 17.8 Å². The van der Waals surface area contributed by atoms with Crippen LogP contribution < -0.4 is 5.32 Å². The van der Waals surface area contributed by atoms with Crippen molar-refractivity contribution in [3.8, 4) is 0 Å². The SMILES string of the molecule is CCc1cc(NC(C)C2CCCC2)nc(C)n1. The Hall–Kier alpha value is -1.12. The van der Waals surface area contributed by atoms with E-state index in [1.54, 1.807) is 0 Å². The van der Waals surface area contributed by atoms with Crippen molar-refractivity contribution < 1.29 is 0 Å². The van der Waals surface area contributed by atoms with Gasteiger partial charge in [0.2, 0.25) is 0 Å². The molecule has 1 fully saturated rings. The molecule has 1 aliphatic rings. The van der Waals surface area contributed by atoms with Crippen molar-refractivity contribution >= 4 is 5.82 Å². The highest BCUT2D eigenvalue weighted by Gasteiger charge is 2.21. The third-order valence-corrected chi connectivity index (χ3v) is 3.74. The standard InChI is InChI=1S/C14H23N3/c1-4-13-9-14(17-11(3)16-13)15-10(2)12-7-5-6-8-12/h9-10,12H,4-8H2,1-3H3,(H,15,16,17). The minimum atomic E-state index is 0.525. The maximum atomic E-state index is 4.47. The Labute approximate surface area is 104 Å². The lowest BCUT2D eigenvalue weighted by Gasteiger charge is -2.21. The molecular formula is C14H23N3. The molecule has 0 aromatic carbocycles. The van der Waals surface area contributed by atoms with Crippen molar-refractivity contribution in [3.05, 3.63) is 17.6 Å². The van der Waals surface area contributed by atoms with Gasteiger partial charge in [0.25, 0.3) is 0 Å². The first-order chi connectivity index (χ1) is 8.19. The van der Waals surface area contributed by atoms with Gasteiger partial charge < -0.3 is 5.32 Å². The molecule has 17 heavy (non-hydrogen) atoms. The molecule has 0 saturated heterocycles. The fraction of sp³-hybridized carbons (Fsp3) is 0.714. The molecule has 1 aliphatic carbocycles. The molecular weight excluding hydrogens is 210 g/mol. The molecule has 1 N–H and O–H groups in total. The van der Waals surface area contributed by atoms with Crippen molar-refractivity contribution in [2.24, 2.45) is 5.92 Å². The fourth-order valence-corrected chi connectivity index (χ4v) is 2.69. The van der Waals surface area contributed by atoms with Crippen molar-refractivity contribution in [3.63, 3.8) is 0 Å². The molecule has 1 heterocycles. The first kappa shape index (κ1) is 12.3. The van der Waals surface area contributed by atoms with Crippen LogP contribution in [0.3, 0.4) is 0 Å². The number of aromatic nitrogens is 2. The maximum Gasteiger partial charge on any atom is 0.130 e. The molecule has 1 aromatic heterocycles. The Morgan fingerprint density at radius 3 is 2.71 bits per heavy atom. The normalized spacial score (nSPS) is 18.3. The zero-order valence-corrected chi connectivity index (χ0v) is 11.2. The highest BCUT2D eigenvalue weighted by atomic mass is 15.0. The van der Waals surface area contributed by atoms with E-state index in [0.717, 1.165) is 29.7 Å². The first-order valence-corrected chi connectivity index (χ1v) is 6.80. The number of nitrogens with zero attached hydrogens (tertiary/aromatic N) is 2. The Kier molecular flexibility index (Phi) is 3.97. The van der Waals surface area contributed by atoms with Crippen LogP contribution in [0.15, 0.2) is 6.07 Å². The van der Waals surface area contributed by atoms with E-state index < -0.39 is 0 Å². The minimum Gasteiger partial charge on any atom is -0.367 e. The summed E-state index contributed by atoms with van der Waals surface area (Å²) in [4.78, 5) is 8.88. The van der Waals surface area contributed by atoms with Gasteiger partial charge in [0.05, 0.1) is 0 Å². The smallest absolute Gasteiger partial charge is 0.130 e. The van der Waals surface area contributed by atoms with E-state index in [-0.39, 0.29) is 0 Å². The molecule has 0 spiro atoms. The van der Waals surface area contributed by atoms with Crippen molar-refractivity contribution in [1.82, 2.24) is 9.97 Å². The van der Waals surface area contributed by atoms with Gasteiger partial charge in [-0.15, -0.1) is 0 Å². The topological polar surface area (TPSA) is 37.8 Å². The summed E-state index contributed by atoms with van der Waals surface area (Å²) < 4.78 is 0. The zero-order valence-electron chi connectivity index (χ0n) is 11.2. The average molecular weight is 233 g/mol. The molecule has 0 bridgehead atoms. The number of rotatable bonds is 4. The van der Waals surface area contributed by atoms with Gasteiger partial charge in [0.1, 0.15) is 11.6 Å². The van der Waals surface area contributed by atoms with Gasteiger partial charge in [-0.1, -0.05) is 19.8 Å². The largest absolute Gasteiger partial charge is 0.367 e. The zero-order chi connectivity index (χ0) is 12.3. The molecule has 0 radical (unpaired) electrons. The number of hydrogen-bond donors (Lipinski definition) is 1. The molecule has 1 unspecified atom stereocenters. The molecule has 1 atom stereocenters. The number of aryl methyl sites for hydroxylation is 2. The summed E-state index contributed by atoms with van der Waals surface area (Å²) in [6, 6.07) is 2.61. The van der Waals surface area contributed by atoms with Gasteiger partial charge in [0.15, 0.2) is 0 Å². The third-order valence-electron chi connectivity index (χ3n) is 3.74. The second-order valence-electron chi connectivity index (χ2n) is 5.12. The summed E-state index contributed by atoms with van der Waals surface area (Å²) in [7, 11) is 0. The molecule has 1 saturated carbocycles. The van der Waals surface area contributed by atoms with E-state index in [4.69, 9.17) is 0 Å². The van der Waals surface area contributed by atoms with E-state index in [2.05, 4.69) is 35.2 Å². The van der Waals surface area contributed by atoms with Crippen LogP contribution in [0, 0.1) is 12.8 Å². The van der Waals surface area contributed by atoms with E-state index in [1.165, 1.54) is 25.7 Å². The molecule has 3 heteroatoms. The summed E-state index contributed by atoms with van der Waals surface area (Å²) in [5, 5.41) is 3.55. The molecule has 2 rings (SSSR count). The molecule has 1 aromatic rings. The van der Waals surface area contributed by atoms with Crippen LogP contribution in [-0.2, 0) is 6.42 Å². The summed E-state index contributed by atoms with van der Waals surface area (Å²) in [5.74, 6) is 2.68. The average Bonchev–Trinajstić information content (AvgIpc) is 2.81. The van der Waals surface area contributed by atoms with E-state index in [9.17, 15) is 0 Å². The lowest BCUT2D eigenvalue weighted by molar-refractivity contribution is 0.481. The van der Waals surface area contributed by atoms with E-state index >= 15 is 0 Å². The van der Waals surface area contributed by atoms with E-state index in [1.807, 2.05) is 6.92 Å². The van der Waals surface area contributed by atoms with Gasteiger partial charge in [-0.05, 0) is 39.0 Å². The second kappa shape index (κ2) is 5.48. The first-order valence-electron chi connectivity index (χ1n) is 6.80. The van der Waals surface area contributed by atoms with Crippen LogP contribution in [0.25, 0.3) is 0 Å². The maximum absolute atomic E-state index is 4.47. The van der Waals surface area contributed by atoms with Crippen LogP contribution in [0.1, 0.15) is 51.0 Å². The molecule has 3 nitrogen and oxygen atoms in total. The lowest BCUT2D eigenvalue weighted by Crippen LogP contribution is -2.24.